The van der Waals surface area contributed by atoms with E-state index in [0.717, 1.165) is 6.42 Å². The van der Waals surface area contributed by atoms with Crippen molar-refractivity contribution in [1.82, 2.24) is 0 Å². The molecule has 2 heteroatoms. The van der Waals surface area contributed by atoms with Crippen LogP contribution in [0.15, 0.2) is 54.6 Å². The molecule has 0 fully saturated rings. The zero-order valence-electron chi connectivity index (χ0n) is 14.1. The summed E-state index contributed by atoms with van der Waals surface area (Å²) in [6, 6.07) is 16.9. The summed E-state index contributed by atoms with van der Waals surface area (Å²) in [7, 11) is 0. The van der Waals surface area contributed by atoms with E-state index < -0.39 is 0 Å². The minimum Gasteiger partial charge on any atom is -0.493 e. The number of para-hydroxylation sites is 1. The quantitative estimate of drug-likeness (QED) is 0.571. The van der Waals surface area contributed by atoms with Gasteiger partial charge in [0.05, 0.1) is 12.2 Å². The standard InChI is InChI=1S/C21H26O2/c1-3-5-11-17(4-2)16-23-20-15-10-9-14-19(20)21(22)18-12-7-6-8-13-18/h6-10,12-15,17H,3-5,11,16H2,1-2H3. The molecule has 0 amide bonds. The van der Waals surface area contributed by atoms with Gasteiger partial charge in [0, 0.05) is 5.56 Å². The van der Waals surface area contributed by atoms with Crippen molar-refractivity contribution in [1.29, 1.82) is 0 Å². The summed E-state index contributed by atoms with van der Waals surface area (Å²) < 4.78 is 6.01. The average molecular weight is 310 g/mol. The van der Waals surface area contributed by atoms with Gasteiger partial charge in [-0.25, -0.2) is 0 Å². The molecule has 0 N–H and O–H groups in total. The maximum Gasteiger partial charge on any atom is 0.196 e. The molecule has 2 nitrogen and oxygen atoms in total. The van der Waals surface area contributed by atoms with Gasteiger partial charge in [0.25, 0.3) is 0 Å². The molecule has 0 aliphatic heterocycles. The average Bonchev–Trinajstić information content (AvgIpc) is 2.62. The van der Waals surface area contributed by atoms with E-state index in [1.165, 1.54) is 19.3 Å². The van der Waals surface area contributed by atoms with Gasteiger partial charge in [-0.15, -0.1) is 0 Å². The molecule has 23 heavy (non-hydrogen) atoms. The molecule has 1 unspecified atom stereocenters. The second-order valence-corrected chi connectivity index (χ2v) is 5.92. The Morgan fingerprint density at radius 1 is 1.00 bits per heavy atom. The van der Waals surface area contributed by atoms with Gasteiger partial charge in [0.1, 0.15) is 5.75 Å². The first-order chi connectivity index (χ1) is 11.3. The molecule has 0 bridgehead atoms. The lowest BCUT2D eigenvalue weighted by Crippen LogP contribution is -2.13. The van der Waals surface area contributed by atoms with Crippen LogP contribution in [0.1, 0.15) is 55.5 Å². The minimum atomic E-state index is 0.0165. The minimum absolute atomic E-state index is 0.0165. The van der Waals surface area contributed by atoms with E-state index in [4.69, 9.17) is 4.74 Å². The van der Waals surface area contributed by atoms with Crippen LogP contribution in [0.3, 0.4) is 0 Å². The van der Waals surface area contributed by atoms with Crippen LogP contribution in [0.4, 0.5) is 0 Å². The second-order valence-electron chi connectivity index (χ2n) is 5.92. The lowest BCUT2D eigenvalue weighted by atomic mass is 10.00. The molecule has 0 aliphatic carbocycles. The van der Waals surface area contributed by atoms with Gasteiger partial charge in [-0.3, -0.25) is 4.79 Å². The van der Waals surface area contributed by atoms with Crippen molar-refractivity contribution in [2.45, 2.75) is 39.5 Å². The summed E-state index contributed by atoms with van der Waals surface area (Å²) in [4.78, 5) is 12.7. The molecule has 0 saturated heterocycles. The Balaban J connectivity index is 2.10. The van der Waals surface area contributed by atoms with Crippen LogP contribution in [-0.2, 0) is 0 Å². The van der Waals surface area contributed by atoms with Crippen molar-refractivity contribution in [3.63, 3.8) is 0 Å². The van der Waals surface area contributed by atoms with Crippen LogP contribution in [0, 0.1) is 5.92 Å². The topological polar surface area (TPSA) is 26.3 Å². The highest BCUT2D eigenvalue weighted by atomic mass is 16.5. The van der Waals surface area contributed by atoms with Gasteiger partial charge in [0.15, 0.2) is 5.78 Å². The van der Waals surface area contributed by atoms with E-state index in [1.807, 2.05) is 54.6 Å². The molecule has 2 aromatic carbocycles. The Bertz CT molecular complexity index is 604. The summed E-state index contributed by atoms with van der Waals surface area (Å²) in [5, 5.41) is 0. The fraction of sp³-hybridized carbons (Fsp3) is 0.381. The van der Waals surface area contributed by atoms with Gasteiger partial charge < -0.3 is 4.74 Å². The molecule has 0 spiro atoms. The molecular weight excluding hydrogens is 284 g/mol. The Kier molecular flexibility index (Phi) is 6.86. The Hall–Kier alpha value is -2.09. The van der Waals surface area contributed by atoms with Crippen LogP contribution < -0.4 is 4.74 Å². The number of hydrogen-bond donors (Lipinski definition) is 0. The predicted octanol–water partition coefficient (Wildman–Crippen LogP) is 5.51. The van der Waals surface area contributed by atoms with Crippen molar-refractivity contribution >= 4 is 5.78 Å². The van der Waals surface area contributed by atoms with Crippen molar-refractivity contribution in [2.75, 3.05) is 6.61 Å². The molecule has 1 atom stereocenters. The fourth-order valence-electron chi connectivity index (χ4n) is 2.63. The summed E-state index contributed by atoms with van der Waals surface area (Å²) in [5.74, 6) is 1.26. The summed E-state index contributed by atoms with van der Waals surface area (Å²) >= 11 is 0. The van der Waals surface area contributed by atoms with Crippen molar-refractivity contribution < 1.29 is 9.53 Å². The maximum absolute atomic E-state index is 12.7. The Morgan fingerprint density at radius 2 is 1.70 bits per heavy atom. The van der Waals surface area contributed by atoms with Crippen LogP contribution in [-0.4, -0.2) is 12.4 Å². The first-order valence-corrected chi connectivity index (χ1v) is 8.57. The Morgan fingerprint density at radius 3 is 2.39 bits per heavy atom. The van der Waals surface area contributed by atoms with Crippen LogP contribution in [0.2, 0.25) is 0 Å². The van der Waals surface area contributed by atoms with E-state index in [0.29, 0.717) is 29.4 Å². The molecule has 0 heterocycles. The first-order valence-electron chi connectivity index (χ1n) is 8.57. The number of benzene rings is 2. The van der Waals surface area contributed by atoms with Crippen LogP contribution in [0.5, 0.6) is 5.75 Å². The number of carbonyl (C=O) groups is 1. The zero-order chi connectivity index (χ0) is 16.5. The van der Waals surface area contributed by atoms with Gasteiger partial charge in [0.2, 0.25) is 0 Å². The third-order valence-electron chi connectivity index (χ3n) is 4.19. The van der Waals surface area contributed by atoms with Crippen molar-refractivity contribution in [2.24, 2.45) is 5.92 Å². The van der Waals surface area contributed by atoms with Gasteiger partial charge in [-0.1, -0.05) is 75.6 Å². The number of unbranched alkanes of at least 4 members (excludes halogenated alkanes) is 1. The summed E-state index contributed by atoms with van der Waals surface area (Å²) in [5.41, 5.74) is 1.34. The normalized spacial score (nSPS) is 11.9. The van der Waals surface area contributed by atoms with Crippen LogP contribution >= 0.6 is 0 Å². The van der Waals surface area contributed by atoms with Gasteiger partial charge in [-0.05, 0) is 24.5 Å². The van der Waals surface area contributed by atoms with E-state index in [1.54, 1.807) is 0 Å². The van der Waals surface area contributed by atoms with Crippen molar-refractivity contribution in [3.05, 3.63) is 65.7 Å². The molecular formula is C21H26O2. The summed E-state index contributed by atoms with van der Waals surface area (Å²) in [6.45, 7) is 5.09. The molecule has 2 aromatic rings. The van der Waals surface area contributed by atoms with E-state index >= 15 is 0 Å². The molecule has 0 saturated carbocycles. The Labute approximate surface area is 139 Å². The third kappa shape index (κ3) is 4.95. The maximum atomic E-state index is 12.7. The molecule has 2 rings (SSSR count). The summed E-state index contributed by atoms with van der Waals surface area (Å²) in [6.07, 6.45) is 4.72. The molecule has 0 aromatic heterocycles. The number of hydrogen-bond acceptors (Lipinski definition) is 2. The van der Waals surface area contributed by atoms with Gasteiger partial charge in [-0.2, -0.15) is 0 Å². The highest BCUT2D eigenvalue weighted by molar-refractivity contribution is 6.10. The molecule has 0 aliphatic rings. The fourth-order valence-corrected chi connectivity index (χ4v) is 2.63. The largest absolute Gasteiger partial charge is 0.493 e. The lowest BCUT2D eigenvalue weighted by Gasteiger charge is -2.17. The van der Waals surface area contributed by atoms with E-state index in [-0.39, 0.29) is 5.78 Å². The number of carbonyl (C=O) groups excluding carboxylic acids is 1. The number of ketones is 1. The monoisotopic (exact) mass is 310 g/mol. The lowest BCUT2D eigenvalue weighted by molar-refractivity contribution is 0.103. The predicted molar refractivity (Wildman–Crippen MR) is 95.1 cm³/mol. The van der Waals surface area contributed by atoms with Gasteiger partial charge >= 0.3 is 0 Å². The highest BCUT2D eigenvalue weighted by Gasteiger charge is 2.15. The van der Waals surface area contributed by atoms with E-state index in [9.17, 15) is 4.79 Å². The molecule has 122 valence electrons. The van der Waals surface area contributed by atoms with Crippen molar-refractivity contribution in [3.8, 4) is 5.75 Å². The SMILES string of the molecule is CCCCC(CC)COc1ccccc1C(=O)c1ccccc1. The first kappa shape index (κ1) is 17.3. The number of ether oxygens (including phenoxy) is 1. The highest BCUT2D eigenvalue weighted by Crippen LogP contribution is 2.23. The smallest absolute Gasteiger partial charge is 0.196 e. The van der Waals surface area contributed by atoms with E-state index in [2.05, 4.69) is 13.8 Å². The molecule has 0 radical (unpaired) electrons. The third-order valence-corrected chi connectivity index (χ3v) is 4.19. The second kappa shape index (κ2) is 9.14. The zero-order valence-corrected chi connectivity index (χ0v) is 14.1. The van der Waals surface area contributed by atoms with Crippen LogP contribution in [0.25, 0.3) is 0 Å². The number of rotatable bonds is 9.